The summed E-state index contributed by atoms with van der Waals surface area (Å²) in [6.45, 7) is 12.2. The molecule has 114 valence electrons. The first-order valence-corrected chi connectivity index (χ1v) is 8.21. The molecule has 0 saturated carbocycles. The molecule has 2 heterocycles. The Balaban J connectivity index is 2.13. The van der Waals surface area contributed by atoms with Gasteiger partial charge in [0.05, 0.1) is 6.54 Å². The summed E-state index contributed by atoms with van der Waals surface area (Å²) in [6, 6.07) is 2.24. The van der Waals surface area contributed by atoms with Gasteiger partial charge in [-0.2, -0.15) is 0 Å². The number of thiophene rings is 1. The molecule has 5 heteroatoms. The second-order valence-electron chi connectivity index (χ2n) is 5.33. The molecule has 2 N–H and O–H groups in total. The summed E-state index contributed by atoms with van der Waals surface area (Å²) in [7, 11) is 0. The van der Waals surface area contributed by atoms with E-state index in [2.05, 4.69) is 54.4 Å². The van der Waals surface area contributed by atoms with E-state index >= 15 is 0 Å². The summed E-state index contributed by atoms with van der Waals surface area (Å²) in [5.41, 5.74) is 2.44. The minimum Gasteiger partial charge on any atom is -0.370 e. The van der Waals surface area contributed by atoms with Crippen LogP contribution in [0.2, 0.25) is 0 Å². The van der Waals surface area contributed by atoms with Crippen LogP contribution in [0.25, 0.3) is 0 Å². The standard InChI is InChI=1S/C16H24N4S/c1-6-7-17-15-11(3)16(20-13(5)19-15)18-9-14-8-10(2)12(4)21-14/h8H,6-7,9H2,1-5H3,(H2,17,18,19,20). The zero-order chi connectivity index (χ0) is 15.4. The average Bonchev–Trinajstić information content (AvgIpc) is 2.76. The third kappa shape index (κ3) is 3.94. The Labute approximate surface area is 131 Å². The van der Waals surface area contributed by atoms with Crippen molar-refractivity contribution < 1.29 is 0 Å². The van der Waals surface area contributed by atoms with E-state index < -0.39 is 0 Å². The number of anilines is 2. The maximum absolute atomic E-state index is 4.53. The lowest BCUT2D eigenvalue weighted by Gasteiger charge is -2.13. The highest BCUT2D eigenvalue weighted by molar-refractivity contribution is 7.12. The Hall–Kier alpha value is -1.62. The molecule has 0 bridgehead atoms. The molecule has 2 aromatic rings. The molecule has 0 amide bonds. The van der Waals surface area contributed by atoms with Crippen molar-refractivity contribution in [3.05, 3.63) is 32.8 Å². The maximum Gasteiger partial charge on any atom is 0.135 e. The normalized spacial score (nSPS) is 10.7. The first kappa shape index (κ1) is 15.8. The van der Waals surface area contributed by atoms with Gasteiger partial charge in [0, 0.05) is 21.9 Å². The van der Waals surface area contributed by atoms with Gasteiger partial charge in [-0.1, -0.05) is 6.92 Å². The van der Waals surface area contributed by atoms with E-state index in [0.29, 0.717) is 0 Å². The van der Waals surface area contributed by atoms with Gasteiger partial charge in [-0.25, -0.2) is 9.97 Å². The zero-order valence-electron chi connectivity index (χ0n) is 13.5. The predicted octanol–water partition coefficient (Wildman–Crippen LogP) is 4.21. The number of aromatic nitrogens is 2. The lowest BCUT2D eigenvalue weighted by molar-refractivity contribution is 0.943. The van der Waals surface area contributed by atoms with Crippen LogP contribution >= 0.6 is 11.3 Å². The third-order valence-electron chi connectivity index (χ3n) is 3.45. The maximum atomic E-state index is 4.53. The molecule has 0 radical (unpaired) electrons. The highest BCUT2D eigenvalue weighted by Gasteiger charge is 2.09. The molecule has 21 heavy (non-hydrogen) atoms. The number of aryl methyl sites for hydroxylation is 3. The van der Waals surface area contributed by atoms with Crippen LogP contribution < -0.4 is 10.6 Å². The van der Waals surface area contributed by atoms with E-state index in [-0.39, 0.29) is 0 Å². The van der Waals surface area contributed by atoms with E-state index in [1.54, 1.807) is 0 Å². The molecular formula is C16H24N4S. The van der Waals surface area contributed by atoms with Gasteiger partial charge >= 0.3 is 0 Å². The summed E-state index contributed by atoms with van der Waals surface area (Å²) in [5.74, 6) is 2.65. The largest absolute Gasteiger partial charge is 0.370 e. The number of nitrogens with one attached hydrogen (secondary N) is 2. The Morgan fingerprint density at radius 2 is 1.71 bits per heavy atom. The van der Waals surface area contributed by atoms with Gasteiger partial charge < -0.3 is 10.6 Å². The predicted molar refractivity (Wildman–Crippen MR) is 91.4 cm³/mol. The monoisotopic (exact) mass is 304 g/mol. The molecule has 0 aliphatic carbocycles. The van der Waals surface area contributed by atoms with Gasteiger partial charge in [-0.3, -0.25) is 0 Å². The van der Waals surface area contributed by atoms with Crippen molar-refractivity contribution >= 4 is 23.0 Å². The van der Waals surface area contributed by atoms with Crippen molar-refractivity contribution in [1.82, 2.24) is 9.97 Å². The van der Waals surface area contributed by atoms with Crippen molar-refractivity contribution in [2.75, 3.05) is 17.2 Å². The van der Waals surface area contributed by atoms with Gasteiger partial charge in [-0.15, -0.1) is 11.3 Å². The second kappa shape index (κ2) is 6.89. The quantitative estimate of drug-likeness (QED) is 0.839. The first-order chi connectivity index (χ1) is 10.0. The molecule has 0 fully saturated rings. The number of hydrogen-bond donors (Lipinski definition) is 2. The molecule has 0 saturated heterocycles. The van der Waals surface area contributed by atoms with Crippen LogP contribution in [0, 0.1) is 27.7 Å². The van der Waals surface area contributed by atoms with Crippen LogP contribution in [0.15, 0.2) is 6.07 Å². The topological polar surface area (TPSA) is 49.8 Å². The Bertz CT molecular complexity index is 599. The summed E-state index contributed by atoms with van der Waals surface area (Å²) < 4.78 is 0. The molecule has 0 aromatic carbocycles. The summed E-state index contributed by atoms with van der Waals surface area (Å²) in [5, 5.41) is 6.81. The fourth-order valence-electron chi connectivity index (χ4n) is 2.12. The molecule has 0 spiro atoms. The van der Waals surface area contributed by atoms with E-state index in [1.165, 1.54) is 15.3 Å². The SMILES string of the molecule is CCCNc1nc(C)nc(NCc2cc(C)c(C)s2)c1C. The second-order valence-corrected chi connectivity index (χ2v) is 6.67. The Kier molecular flexibility index (Phi) is 5.17. The molecule has 0 aliphatic heterocycles. The fraction of sp³-hybridized carbons (Fsp3) is 0.500. The molecular weight excluding hydrogens is 280 g/mol. The summed E-state index contributed by atoms with van der Waals surface area (Å²) in [4.78, 5) is 11.7. The van der Waals surface area contributed by atoms with Crippen LogP contribution in [0.1, 0.15) is 40.1 Å². The van der Waals surface area contributed by atoms with E-state index in [4.69, 9.17) is 0 Å². The smallest absolute Gasteiger partial charge is 0.135 e. The highest BCUT2D eigenvalue weighted by Crippen LogP contribution is 2.24. The zero-order valence-corrected chi connectivity index (χ0v) is 14.3. The number of hydrogen-bond acceptors (Lipinski definition) is 5. The van der Waals surface area contributed by atoms with Crippen LogP contribution in [-0.4, -0.2) is 16.5 Å². The van der Waals surface area contributed by atoms with Gasteiger partial charge in [0.15, 0.2) is 0 Å². The molecule has 2 aromatic heterocycles. The lowest BCUT2D eigenvalue weighted by atomic mass is 10.2. The van der Waals surface area contributed by atoms with Gasteiger partial charge in [0.1, 0.15) is 17.5 Å². The minimum atomic E-state index is 0.792. The molecule has 0 aliphatic rings. The van der Waals surface area contributed by atoms with Gasteiger partial charge in [-0.05, 0) is 45.7 Å². The molecule has 4 nitrogen and oxygen atoms in total. The molecule has 0 unspecified atom stereocenters. The van der Waals surface area contributed by atoms with Crippen molar-refractivity contribution in [2.45, 2.75) is 47.6 Å². The van der Waals surface area contributed by atoms with Crippen molar-refractivity contribution in [3.63, 3.8) is 0 Å². The van der Waals surface area contributed by atoms with Crippen LogP contribution in [0.5, 0.6) is 0 Å². The fourth-order valence-corrected chi connectivity index (χ4v) is 3.12. The first-order valence-electron chi connectivity index (χ1n) is 7.40. The Morgan fingerprint density at radius 1 is 1.05 bits per heavy atom. The summed E-state index contributed by atoms with van der Waals surface area (Å²) in [6.07, 6.45) is 1.08. The van der Waals surface area contributed by atoms with Crippen molar-refractivity contribution in [2.24, 2.45) is 0 Å². The Morgan fingerprint density at radius 3 is 2.29 bits per heavy atom. The van der Waals surface area contributed by atoms with Gasteiger partial charge in [0.2, 0.25) is 0 Å². The van der Waals surface area contributed by atoms with Crippen molar-refractivity contribution in [1.29, 1.82) is 0 Å². The molecule has 0 atom stereocenters. The van der Waals surface area contributed by atoms with E-state index in [9.17, 15) is 0 Å². The lowest BCUT2D eigenvalue weighted by Crippen LogP contribution is -2.10. The van der Waals surface area contributed by atoms with Crippen LogP contribution in [0.4, 0.5) is 11.6 Å². The highest BCUT2D eigenvalue weighted by atomic mass is 32.1. The third-order valence-corrected chi connectivity index (χ3v) is 4.60. The van der Waals surface area contributed by atoms with Gasteiger partial charge in [0.25, 0.3) is 0 Å². The van der Waals surface area contributed by atoms with Crippen molar-refractivity contribution in [3.8, 4) is 0 Å². The minimum absolute atomic E-state index is 0.792. The summed E-state index contributed by atoms with van der Waals surface area (Å²) >= 11 is 1.84. The van der Waals surface area contributed by atoms with E-state index in [0.717, 1.165) is 42.5 Å². The molecule has 2 rings (SSSR count). The van der Waals surface area contributed by atoms with Crippen LogP contribution in [0.3, 0.4) is 0 Å². The average molecular weight is 304 g/mol. The van der Waals surface area contributed by atoms with Crippen LogP contribution in [-0.2, 0) is 6.54 Å². The number of rotatable bonds is 6. The van der Waals surface area contributed by atoms with E-state index in [1.807, 2.05) is 18.3 Å². The number of nitrogens with zero attached hydrogens (tertiary/aromatic N) is 2.